The minimum atomic E-state index is -4.70. The van der Waals surface area contributed by atoms with E-state index in [9.17, 15) is 47.7 Å². The van der Waals surface area contributed by atoms with Gasteiger partial charge in [-0.1, -0.05) is 362 Å². The minimum absolute atomic E-state index is 0.169. The Morgan fingerprint density at radius 2 is 0.423 bits per heavy atom. The van der Waals surface area contributed by atoms with Gasteiger partial charge in [-0.2, -0.15) is 0 Å². The minimum Gasteiger partial charge on any atom is -0.480 e. The van der Waals surface area contributed by atoms with Gasteiger partial charge in [-0.25, -0.2) is 9.13 Å². The van der Waals surface area contributed by atoms with Crippen molar-refractivity contribution < 1.29 is 94.9 Å². The fourth-order valence-corrected chi connectivity index (χ4v) is 13.6. The summed E-state index contributed by atoms with van der Waals surface area (Å²) in [6.45, 7) is 5.64. The molecule has 0 saturated carbocycles. The Morgan fingerprint density at radius 3 is 0.606 bits per heavy atom. The average Bonchev–Trinajstić information content (AvgIpc) is 0.920. The highest BCUT2D eigenvalue weighted by Gasteiger charge is 2.30. The van der Waals surface area contributed by atoms with E-state index in [0.717, 1.165) is 77.0 Å². The van der Waals surface area contributed by atoms with Crippen molar-refractivity contribution in [2.45, 2.75) is 437 Å². The molecule has 0 heterocycles. The van der Waals surface area contributed by atoms with Crippen LogP contribution < -0.4 is 11.5 Å². The lowest BCUT2D eigenvalue weighted by atomic mass is 10.0. The molecule has 2 unspecified atom stereocenters. The normalized spacial score (nSPS) is 13.8. The van der Waals surface area contributed by atoms with Gasteiger partial charge < -0.3 is 50.4 Å². The maximum absolute atomic E-state index is 12.6. The van der Waals surface area contributed by atoms with Crippen LogP contribution in [-0.4, -0.2) is 120 Å². The summed E-state index contributed by atoms with van der Waals surface area (Å²) in [7, 11) is -9.41. The number of phosphoric acid groups is 2. The predicted octanol–water partition coefficient (Wildman–Crippen LogP) is 21.5. The van der Waals surface area contributed by atoms with E-state index in [1.807, 2.05) is 0 Å². The van der Waals surface area contributed by atoms with Crippen LogP contribution >= 0.6 is 15.6 Å². The summed E-state index contributed by atoms with van der Waals surface area (Å²) in [6.07, 6.45) is 66.1. The number of nitrogens with two attached hydrogens (primary N) is 2. The van der Waals surface area contributed by atoms with Gasteiger partial charge in [0, 0.05) is 25.7 Å². The number of carbonyl (C=O) groups is 6. The first kappa shape index (κ1) is 103. The van der Waals surface area contributed by atoms with Crippen LogP contribution in [0.3, 0.4) is 0 Å². The topological polar surface area (TPSA) is 343 Å². The lowest BCUT2D eigenvalue weighted by molar-refractivity contribution is -0.161. The largest absolute Gasteiger partial charge is 0.480 e. The molecule has 0 saturated heterocycles. The average molecular weight is 1530 g/mol. The van der Waals surface area contributed by atoms with Gasteiger partial charge in [0.25, 0.3) is 0 Å². The summed E-state index contributed by atoms with van der Waals surface area (Å²) in [5.41, 5.74) is 10.7. The van der Waals surface area contributed by atoms with Crippen LogP contribution in [0.4, 0.5) is 0 Å². The summed E-state index contributed by atoms with van der Waals surface area (Å²) < 4.78 is 65.3. The second-order valence-corrected chi connectivity index (χ2v) is 31.9. The SMILES string of the molecule is CCCCCCCCCCCCCCCCC(=O)OC[C@H](COP(=O)(O)OC[C@H](N)C(=O)O)OC(=O)CCCCCCCCCCCCCCCC.CCCCCCCCCCCCCCCCC(=O)OC[C@H](COP(=O)(O)OC[C@H](N)C(=O)O)OC(=O)CCCCCCCCCCCCCCCC. The number of phosphoric ester groups is 2. The van der Waals surface area contributed by atoms with Crippen LogP contribution in [0.2, 0.25) is 0 Å². The summed E-state index contributed by atoms with van der Waals surface area (Å²) in [6, 6.07) is -3.03. The number of carboxylic acid groups (broad SMARTS) is 2. The summed E-state index contributed by atoms with van der Waals surface area (Å²) >= 11 is 0. The van der Waals surface area contributed by atoms with Crippen molar-refractivity contribution >= 4 is 51.5 Å². The Labute approximate surface area is 631 Å². The van der Waals surface area contributed by atoms with Crippen molar-refractivity contribution in [1.29, 1.82) is 0 Å². The maximum atomic E-state index is 12.6. The number of hydrogen-bond acceptors (Lipinski definition) is 18. The van der Waals surface area contributed by atoms with E-state index in [1.54, 1.807) is 0 Å². The zero-order chi connectivity index (χ0) is 77.1. The molecule has 0 aliphatic carbocycles. The van der Waals surface area contributed by atoms with E-state index < -0.39 is 102 Å². The molecule has 104 heavy (non-hydrogen) atoms. The number of esters is 4. The third kappa shape index (κ3) is 77.1. The molecule has 0 aliphatic heterocycles. The van der Waals surface area contributed by atoms with Crippen LogP contribution in [-0.2, 0) is 74.9 Å². The lowest BCUT2D eigenvalue weighted by Crippen LogP contribution is -2.34. The highest BCUT2D eigenvalue weighted by Crippen LogP contribution is 2.44. The zero-order valence-electron chi connectivity index (χ0n) is 66.3. The molecule has 22 nitrogen and oxygen atoms in total. The molecule has 0 amide bonds. The van der Waals surface area contributed by atoms with Gasteiger partial charge in [-0.05, 0) is 25.7 Å². The first-order chi connectivity index (χ1) is 50.2. The van der Waals surface area contributed by atoms with Crippen molar-refractivity contribution in [2.75, 3.05) is 39.6 Å². The van der Waals surface area contributed by atoms with E-state index >= 15 is 0 Å². The standard InChI is InChI=1S/2C40H78NO10P/c2*1-3-5-7-9-11-13-15-17-19-21-23-25-27-29-31-38(42)48-33-36(34-49-52(46,47)50-35-37(41)40(44)45)51-39(43)32-30-28-26-24-22-20-18-16-14-12-10-8-6-4-2/h2*36-37H,3-35,41H2,1-2H3,(H,44,45)(H,46,47)/t2*36-,37+/m11/s1. The van der Waals surface area contributed by atoms with Gasteiger partial charge in [0.15, 0.2) is 12.2 Å². The van der Waals surface area contributed by atoms with Crippen molar-refractivity contribution in [1.82, 2.24) is 0 Å². The molecule has 0 aromatic rings. The summed E-state index contributed by atoms with van der Waals surface area (Å²) in [4.78, 5) is 91.7. The Balaban J connectivity index is 0. The molecule has 0 spiro atoms. The molecule has 6 atom stereocenters. The molecular weight excluding hydrogens is 1370 g/mol. The quantitative estimate of drug-likeness (QED) is 0.0143. The van der Waals surface area contributed by atoms with E-state index in [4.69, 9.17) is 49.7 Å². The van der Waals surface area contributed by atoms with E-state index in [1.165, 1.54) is 257 Å². The van der Waals surface area contributed by atoms with Crippen LogP contribution in [0, 0.1) is 0 Å². The monoisotopic (exact) mass is 1530 g/mol. The van der Waals surface area contributed by atoms with E-state index in [2.05, 4.69) is 36.7 Å². The molecule has 616 valence electrons. The van der Waals surface area contributed by atoms with Gasteiger partial charge >= 0.3 is 51.5 Å². The van der Waals surface area contributed by atoms with Crippen molar-refractivity contribution in [3.63, 3.8) is 0 Å². The third-order valence-corrected chi connectivity index (χ3v) is 20.6. The maximum Gasteiger partial charge on any atom is 0.472 e. The Hall–Kier alpha value is -3.04. The number of unbranched alkanes of at least 4 members (excludes halogenated alkanes) is 52. The van der Waals surface area contributed by atoms with Crippen LogP contribution in [0.5, 0.6) is 0 Å². The van der Waals surface area contributed by atoms with Gasteiger partial charge in [0.2, 0.25) is 0 Å². The number of carboxylic acids is 2. The number of hydrogen-bond donors (Lipinski definition) is 6. The second-order valence-electron chi connectivity index (χ2n) is 29.0. The summed E-state index contributed by atoms with van der Waals surface area (Å²) in [5.74, 6) is -4.72. The molecule has 0 bridgehead atoms. The van der Waals surface area contributed by atoms with Gasteiger partial charge in [0.05, 0.1) is 26.4 Å². The molecule has 8 N–H and O–H groups in total. The fourth-order valence-electron chi connectivity index (χ4n) is 12.0. The molecule has 24 heteroatoms. The predicted molar refractivity (Wildman–Crippen MR) is 416 cm³/mol. The number of carbonyl (C=O) groups excluding carboxylic acids is 4. The molecule has 0 aromatic carbocycles. The van der Waals surface area contributed by atoms with Gasteiger partial charge in [0.1, 0.15) is 25.3 Å². The second kappa shape index (κ2) is 76.7. The molecule has 0 aromatic heterocycles. The van der Waals surface area contributed by atoms with Crippen molar-refractivity contribution in [3.05, 3.63) is 0 Å². The van der Waals surface area contributed by atoms with E-state index in [-0.39, 0.29) is 38.9 Å². The zero-order valence-corrected chi connectivity index (χ0v) is 68.1. The number of rotatable bonds is 80. The smallest absolute Gasteiger partial charge is 0.472 e. The van der Waals surface area contributed by atoms with Crippen molar-refractivity contribution in [2.24, 2.45) is 11.5 Å². The third-order valence-electron chi connectivity index (χ3n) is 18.7. The Morgan fingerprint density at radius 1 is 0.260 bits per heavy atom. The van der Waals surface area contributed by atoms with Crippen LogP contribution in [0.25, 0.3) is 0 Å². The summed E-state index contributed by atoms with van der Waals surface area (Å²) in [5, 5.41) is 17.7. The first-order valence-electron chi connectivity index (χ1n) is 42.1. The highest BCUT2D eigenvalue weighted by atomic mass is 31.2. The van der Waals surface area contributed by atoms with Crippen molar-refractivity contribution in [3.8, 4) is 0 Å². The van der Waals surface area contributed by atoms with Gasteiger partial charge in [-0.15, -0.1) is 0 Å². The number of aliphatic carboxylic acids is 2. The van der Waals surface area contributed by atoms with E-state index in [0.29, 0.717) is 25.7 Å². The molecule has 0 fully saturated rings. The molecule has 0 rings (SSSR count). The fraction of sp³-hybridized carbons (Fsp3) is 0.925. The van der Waals surface area contributed by atoms with Crippen LogP contribution in [0.1, 0.15) is 413 Å². The first-order valence-corrected chi connectivity index (χ1v) is 45.1. The van der Waals surface area contributed by atoms with Gasteiger partial charge in [-0.3, -0.25) is 46.9 Å². The molecule has 0 aliphatic rings. The molecule has 0 radical (unpaired) electrons. The molecular formula is C80H156N2O20P2. The van der Waals surface area contributed by atoms with Crippen LogP contribution in [0.15, 0.2) is 0 Å². The lowest BCUT2D eigenvalue weighted by Gasteiger charge is -2.20. The Bertz CT molecular complexity index is 1950. The number of ether oxygens (including phenoxy) is 4. The Kier molecular flexibility index (Phi) is 76.0. The highest BCUT2D eigenvalue weighted by molar-refractivity contribution is 7.47.